The van der Waals surface area contributed by atoms with Crippen molar-refractivity contribution in [3.05, 3.63) is 24.0 Å². The summed E-state index contributed by atoms with van der Waals surface area (Å²) in [7, 11) is 0. The minimum absolute atomic E-state index is 0.182. The summed E-state index contributed by atoms with van der Waals surface area (Å²) in [5, 5.41) is 9.98. The predicted octanol–water partition coefficient (Wildman–Crippen LogP) is 2.24. The first-order chi connectivity index (χ1) is 9.48. The summed E-state index contributed by atoms with van der Waals surface area (Å²) >= 11 is 0. The molecule has 0 amide bonds. The maximum Gasteiger partial charge on any atom is 0.138 e. The van der Waals surface area contributed by atoms with Crippen molar-refractivity contribution in [3.63, 3.8) is 0 Å². The molecule has 1 aliphatic rings. The molecule has 0 bridgehead atoms. The fourth-order valence-corrected chi connectivity index (χ4v) is 2.95. The molecule has 1 aliphatic heterocycles. The van der Waals surface area contributed by atoms with Gasteiger partial charge in [0, 0.05) is 12.3 Å². The lowest BCUT2D eigenvalue weighted by atomic mass is 10.0. The highest BCUT2D eigenvalue weighted by molar-refractivity contribution is 5.79. The van der Waals surface area contributed by atoms with Crippen LogP contribution in [0.3, 0.4) is 0 Å². The number of rotatable bonds is 3. The summed E-state index contributed by atoms with van der Waals surface area (Å²) < 4.78 is 7.93. The average molecular weight is 275 g/mol. The number of nitrogens with two attached hydrogens (primary N) is 1. The Morgan fingerprint density at radius 2 is 2.35 bits per heavy atom. The van der Waals surface area contributed by atoms with Gasteiger partial charge in [-0.05, 0) is 44.9 Å². The van der Waals surface area contributed by atoms with Crippen LogP contribution < -0.4 is 5.73 Å². The summed E-state index contributed by atoms with van der Waals surface area (Å²) in [6, 6.07) is 5.67. The number of anilines is 1. The number of nitrogen functional groups attached to an aromatic ring is 1. The Hall–Kier alpha value is -1.59. The van der Waals surface area contributed by atoms with Crippen molar-refractivity contribution in [1.82, 2.24) is 9.55 Å². The first kappa shape index (κ1) is 13.4. The van der Waals surface area contributed by atoms with E-state index in [1.54, 1.807) is 6.92 Å². The second-order valence-corrected chi connectivity index (χ2v) is 5.88. The third-order valence-corrected chi connectivity index (χ3v) is 3.97. The van der Waals surface area contributed by atoms with Crippen LogP contribution >= 0.6 is 0 Å². The van der Waals surface area contributed by atoms with Crippen LogP contribution in [0.5, 0.6) is 0 Å². The van der Waals surface area contributed by atoms with Crippen molar-refractivity contribution < 1.29 is 9.84 Å². The van der Waals surface area contributed by atoms with Gasteiger partial charge in [-0.2, -0.15) is 0 Å². The zero-order chi connectivity index (χ0) is 14.3. The van der Waals surface area contributed by atoms with E-state index in [-0.39, 0.29) is 5.60 Å². The monoisotopic (exact) mass is 275 g/mol. The number of imidazole rings is 1. The molecule has 1 saturated heterocycles. The van der Waals surface area contributed by atoms with Crippen LogP contribution in [0.25, 0.3) is 11.0 Å². The fraction of sp³-hybridized carbons (Fsp3) is 0.533. The number of nitrogens with zero attached hydrogens (tertiary/aromatic N) is 2. The normalized spacial score (nSPS) is 24.4. The van der Waals surface area contributed by atoms with E-state index in [0.717, 1.165) is 30.5 Å². The van der Waals surface area contributed by atoms with E-state index in [1.807, 2.05) is 18.2 Å². The molecule has 5 nitrogen and oxygen atoms in total. The minimum atomic E-state index is -0.617. The molecular formula is C15H21N3O2. The molecule has 2 atom stereocenters. The van der Waals surface area contributed by atoms with Gasteiger partial charge in [-0.25, -0.2) is 4.98 Å². The number of aliphatic hydroxyl groups is 1. The van der Waals surface area contributed by atoms with Crippen LogP contribution in [0, 0.1) is 0 Å². The highest BCUT2D eigenvalue weighted by Crippen LogP contribution is 2.31. The van der Waals surface area contributed by atoms with Crippen molar-refractivity contribution in [1.29, 1.82) is 0 Å². The third kappa shape index (κ3) is 2.27. The second kappa shape index (κ2) is 4.75. The zero-order valence-electron chi connectivity index (χ0n) is 12.0. The maximum absolute atomic E-state index is 9.98. The van der Waals surface area contributed by atoms with Gasteiger partial charge in [-0.3, -0.25) is 0 Å². The standard InChI is InChI=1S/C15H21N3O2/c1-10(19)14-17-12-8-11(16)4-5-13(12)18(14)9-15(2)6-3-7-20-15/h4-5,8,10,19H,3,6-7,9,16H2,1-2H3. The van der Waals surface area contributed by atoms with Gasteiger partial charge in [0.25, 0.3) is 0 Å². The second-order valence-electron chi connectivity index (χ2n) is 5.88. The van der Waals surface area contributed by atoms with Crippen molar-refractivity contribution in [2.75, 3.05) is 12.3 Å². The van der Waals surface area contributed by atoms with Gasteiger partial charge in [0.1, 0.15) is 11.9 Å². The zero-order valence-corrected chi connectivity index (χ0v) is 12.0. The molecule has 108 valence electrons. The first-order valence-corrected chi connectivity index (χ1v) is 7.06. The molecule has 0 aliphatic carbocycles. The van der Waals surface area contributed by atoms with Gasteiger partial charge in [0.05, 0.1) is 23.2 Å². The van der Waals surface area contributed by atoms with Crippen LogP contribution in [0.15, 0.2) is 18.2 Å². The van der Waals surface area contributed by atoms with Crippen LogP contribution in [0.1, 0.15) is 38.6 Å². The number of aliphatic hydroxyl groups excluding tert-OH is 1. The van der Waals surface area contributed by atoms with Crippen LogP contribution in [-0.4, -0.2) is 26.9 Å². The molecule has 2 heterocycles. The minimum Gasteiger partial charge on any atom is -0.399 e. The van der Waals surface area contributed by atoms with Gasteiger partial charge >= 0.3 is 0 Å². The molecule has 20 heavy (non-hydrogen) atoms. The Morgan fingerprint density at radius 3 is 3.00 bits per heavy atom. The van der Waals surface area contributed by atoms with Crippen LogP contribution in [0.4, 0.5) is 5.69 Å². The Kier molecular flexibility index (Phi) is 3.18. The van der Waals surface area contributed by atoms with E-state index in [9.17, 15) is 5.11 Å². The SMILES string of the molecule is CC(O)c1nc2cc(N)ccc2n1CC1(C)CCCO1. The number of aromatic nitrogens is 2. The number of hydrogen-bond donors (Lipinski definition) is 2. The number of fused-ring (bicyclic) bond motifs is 1. The molecule has 2 unspecified atom stereocenters. The predicted molar refractivity (Wildman–Crippen MR) is 78.4 cm³/mol. The molecular weight excluding hydrogens is 254 g/mol. The summed E-state index contributed by atoms with van der Waals surface area (Å²) in [6.07, 6.45) is 1.50. The molecule has 0 radical (unpaired) electrons. The van der Waals surface area contributed by atoms with Gasteiger partial charge in [0.15, 0.2) is 0 Å². The lowest BCUT2D eigenvalue weighted by Crippen LogP contribution is -2.30. The van der Waals surface area contributed by atoms with Gasteiger partial charge in [-0.1, -0.05) is 0 Å². The highest BCUT2D eigenvalue weighted by atomic mass is 16.5. The lowest BCUT2D eigenvalue weighted by Gasteiger charge is -2.25. The summed E-state index contributed by atoms with van der Waals surface area (Å²) in [5.74, 6) is 0.669. The van der Waals surface area contributed by atoms with Crippen LogP contribution in [0.2, 0.25) is 0 Å². The lowest BCUT2D eigenvalue weighted by molar-refractivity contribution is 0.00520. The van der Waals surface area contributed by atoms with Crippen molar-refractivity contribution >= 4 is 16.7 Å². The Balaban J connectivity index is 2.09. The summed E-state index contributed by atoms with van der Waals surface area (Å²) in [5.41, 5.74) is 8.13. The van der Waals surface area contributed by atoms with Crippen molar-refractivity contribution in [2.45, 2.75) is 44.9 Å². The summed E-state index contributed by atoms with van der Waals surface area (Å²) in [4.78, 5) is 4.52. The van der Waals surface area contributed by atoms with Gasteiger partial charge in [0.2, 0.25) is 0 Å². The number of benzene rings is 1. The Morgan fingerprint density at radius 1 is 1.55 bits per heavy atom. The quantitative estimate of drug-likeness (QED) is 0.843. The van der Waals surface area contributed by atoms with Crippen molar-refractivity contribution in [3.8, 4) is 0 Å². The number of ether oxygens (including phenoxy) is 1. The van der Waals surface area contributed by atoms with E-state index in [1.165, 1.54) is 0 Å². The molecule has 1 aromatic carbocycles. The molecule has 0 spiro atoms. The Bertz CT molecular complexity index is 627. The van der Waals surface area contributed by atoms with Gasteiger partial charge in [-0.15, -0.1) is 0 Å². The molecule has 2 aromatic rings. The largest absolute Gasteiger partial charge is 0.399 e. The molecule has 1 fully saturated rings. The van der Waals surface area contributed by atoms with Crippen molar-refractivity contribution in [2.24, 2.45) is 0 Å². The van der Waals surface area contributed by atoms with E-state index in [2.05, 4.69) is 16.5 Å². The van der Waals surface area contributed by atoms with E-state index >= 15 is 0 Å². The molecule has 3 N–H and O–H groups in total. The first-order valence-electron chi connectivity index (χ1n) is 7.06. The van der Waals surface area contributed by atoms with Gasteiger partial charge < -0.3 is 20.1 Å². The Labute approximate surface area is 118 Å². The summed E-state index contributed by atoms with van der Waals surface area (Å²) in [6.45, 7) is 5.36. The average Bonchev–Trinajstić information content (AvgIpc) is 2.94. The topological polar surface area (TPSA) is 73.3 Å². The third-order valence-electron chi connectivity index (χ3n) is 3.97. The van der Waals surface area contributed by atoms with Crippen LogP contribution in [-0.2, 0) is 11.3 Å². The maximum atomic E-state index is 9.98. The molecule has 1 aromatic heterocycles. The van der Waals surface area contributed by atoms with E-state index < -0.39 is 6.10 Å². The smallest absolute Gasteiger partial charge is 0.138 e. The fourth-order valence-electron chi connectivity index (χ4n) is 2.95. The molecule has 3 rings (SSSR count). The highest BCUT2D eigenvalue weighted by Gasteiger charge is 2.32. The van der Waals surface area contributed by atoms with E-state index in [4.69, 9.17) is 10.5 Å². The number of hydrogen-bond acceptors (Lipinski definition) is 4. The molecule has 0 saturated carbocycles. The van der Waals surface area contributed by atoms with E-state index in [0.29, 0.717) is 18.1 Å². The molecule has 5 heteroatoms.